The van der Waals surface area contributed by atoms with Gasteiger partial charge in [-0.2, -0.15) is 4.98 Å². The number of ether oxygens (including phenoxy) is 1. The number of benzene rings is 1. The number of aromatic nitrogens is 2. The van der Waals surface area contributed by atoms with Crippen molar-refractivity contribution in [2.24, 2.45) is 0 Å². The monoisotopic (exact) mass is 336 g/mol. The fourth-order valence-corrected chi connectivity index (χ4v) is 3.15. The SMILES string of the molecule is O=c1nc(Sc2ccccc2)ccn1[C@@H]1O[C@@H](CO)[C@@H](O)[C@H]1O. The van der Waals surface area contributed by atoms with Crippen molar-refractivity contribution in [1.82, 2.24) is 9.55 Å². The summed E-state index contributed by atoms with van der Waals surface area (Å²) in [5.41, 5.74) is -0.597. The molecule has 0 radical (unpaired) electrons. The van der Waals surface area contributed by atoms with Crippen LogP contribution in [0.2, 0.25) is 0 Å². The van der Waals surface area contributed by atoms with Crippen molar-refractivity contribution in [3.8, 4) is 0 Å². The highest BCUT2D eigenvalue weighted by Gasteiger charge is 2.43. The second-order valence-electron chi connectivity index (χ2n) is 5.10. The maximum absolute atomic E-state index is 12.2. The minimum atomic E-state index is -1.31. The number of rotatable bonds is 4. The molecule has 1 aromatic heterocycles. The van der Waals surface area contributed by atoms with Crippen LogP contribution in [-0.2, 0) is 4.74 Å². The fraction of sp³-hybridized carbons (Fsp3) is 0.333. The third-order valence-electron chi connectivity index (χ3n) is 3.56. The molecule has 3 rings (SSSR count). The van der Waals surface area contributed by atoms with Gasteiger partial charge in [-0.15, -0.1) is 0 Å². The number of aliphatic hydroxyl groups excluding tert-OH is 3. The molecule has 1 aliphatic rings. The Balaban J connectivity index is 1.82. The van der Waals surface area contributed by atoms with Gasteiger partial charge in [-0.25, -0.2) is 4.79 Å². The van der Waals surface area contributed by atoms with Gasteiger partial charge in [0.15, 0.2) is 6.23 Å². The molecule has 1 fully saturated rings. The van der Waals surface area contributed by atoms with E-state index in [1.165, 1.54) is 18.0 Å². The zero-order chi connectivity index (χ0) is 16.4. The first kappa shape index (κ1) is 16.2. The van der Waals surface area contributed by atoms with E-state index >= 15 is 0 Å². The van der Waals surface area contributed by atoms with Gasteiger partial charge in [0.05, 0.1) is 6.61 Å². The summed E-state index contributed by atoms with van der Waals surface area (Å²) in [4.78, 5) is 17.1. The van der Waals surface area contributed by atoms with E-state index in [9.17, 15) is 15.0 Å². The second kappa shape index (κ2) is 6.81. The van der Waals surface area contributed by atoms with Crippen LogP contribution in [0.5, 0.6) is 0 Å². The number of hydrogen-bond acceptors (Lipinski definition) is 7. The van der Waals surface area contributed by atoms with Gasteiger partial charge in [0.1, 0.15) is 23.3 Å². The lowest BCUT2D eigenvalue weighted by Gasteiger charge is -2.17. The quantitative estimate of drug-likeness (QED) is 0.675. The largest absolute Gasteiger partial charge is 0.394 e. The van der Waals surface area contributed by atoms with Gasteiger partial charge in [0.2, 0.25) is 0 Å². The fourth-order valence-electron chi connectivity index (χ4n) is 2.37. The van der Waals surface area contributed by atoms with E-state index < -0.39 is 36.8 Å². The van der Waals surface area contributed by atoms with E-state index in [1.807, 2.05) is 30.3 Å². The molecule has 3 N–H and O–H groups in total. The van der Waals surface area contributed by atoms with E-state index in [0.717, 1.165) is 9.46 Å². The molecule has 0 spiro atoms. The van der Waals surface area contributed by atoms with Crippen LogP contribution in [0.15, 0.2) is 57.3 Å². The molecule has 0 amide bonds. The summed E-state index contributed by atoms with van der Waals surface area (Å²) >= 11 is 1.34. The molecule has 0 unspecified atom stereocenters. The van der Waals surface area contributed by atoms with Crippen LogP contribution in [0.1, 0.15) is 6.23 Å². The van der Waals surface area contributed by atoms with Gasteiger partial charge < -0.3 is 20.1 Å². The lowest BCUT2D eigenvalue weighted by atomic mass is 10.1. The molecule has 1 aliphatic heterocycles. The zero-order valence-corrected chi connectivity index (χ0v) is 12.8. The van der Waals surface area contributed by atoms with Crippen LogP contribution in [0.25, 0.3) is 0 Å². The molecule has 122 valence electrons. The summed E-state index contributed by atoms with van der Waals surface area (Å²) < 4.78 is 6.44. The summed E-state index contributed by atoms with van der Waals surface area (Å²) in [5, 5.41) is 29.3. The van der Waals surface area contributed by atoms with Gasteiger partial charge >= 0.3 is 5.69 Å². The van der Waals surface area contributed by atoms with Gasteiger partial charge in [0.25, 0.3) is 0 Å². The third kappa shape index (κ3) is 3.31. The van der Waals surface area contributed by atoms with Crippen LogP contribution >= 0.6 is 11.8 Å². The summed E-state index contributed by atoms with van der Waals surface area (Å²) in [7, 11) is 0. The lowest BCUT2D eigenvalue weighted by molar-refractivity contribution is -0.0551. The first-order valence-electron chi connectivity index (χ1n) is 7.04. The van der Waals surface area contributed by atoms with Gasteiger partial charge in [-0.1, -0.05) is 30.0 Å². The van der Waals surface area contributed by atoms with Crippen LogP contribution < -0.4 is 5.69 Å². The average Bonchev–Trinajstić information content (AvgIpc) is 2.84. The molecule has 7 nitrogen and oxygen atoms in total. The molecule has 0 aliphatic carbocycles. The van der Waals surface area contributed by atoms with E-state index in [2.05, 4.69) is 4.98 Å². The van der Waals surface area contributed by atoms with Crippen molar-refractivity contribution < 1.29 is 20.1 Å². The lowest BCUT2D eigenvalue weighted by Crippen LogP contribution is -2.36. The smallest absolute Gasteiger partial charge is 0.350 e. The molecule has 1 saturated heterocycles. The van der Waals surface area contributed by atoms with Crippen LogP contribution in [-0.4, -0.2) is 49.8 Å². The predicted octanol–water partition coefficient (Wildman–Crippen LogP) is 0.00600. The topological polar surface area (TPSA) is 105 Å². The van der Waals surface area contributed by atoms with E-state index in [-0.39, 0.29) is 0 Å². The molecular formula is C15H16N2O5S. The van der Waals surface area contributed by atoms with Crippen LogP contribution in [0, 0.1) is 0 Å². The Morgan fingerprint density at radius 1 is 1.17 bits per heavy atom. The highest BCUT2D eigenvalue weighted by Crippen LogP contribution is 2.29. The number of nitrogens with zero attached hydrogens (tertiary/aromatic N) is 2. The Hall–Kier alpha value is -1.71. The van der Waals surface area contributed by atoms with E-state index in [0.29, 0.717) is 5.03 Å². The summed E-state index contributed by atoms with van der Waals surface area (Å²) in [5.74, 6) is 0. The van der Waals surface area contributed by atoms with E-state index in [1.54, 1.807) is 6.07 Å². The normalized spacial score (nSPS) is 27.3. The minimum Gasteiger partial charge on any atom is -0.394 e. The first-order valence-corrected chi connectivity index (χ1v) is 7.86. The van der Waals surface area contributed by atoms with Gasteiger partial charge in [-0.05, 0) is 18.2 Å². The molecule has 2 aromatic rings. The Labute approximate surface area is 136 Å². The van der Waals surface area contributed by atoms with Crippen molar-refractivity contribution in [3.63, 3.8) is 0 Å². The second-order valence-corrected chi connectivity index (χ2v) is 6.19. The molecule has 8 heteroatoms. The van der Waals surface area contributed by atoms with Gasteiger partial charge in [-0.3, -0.25) is 4.57 Å². The third-order valence-corrected chi connectivity index (χ3v) is 4.51. The maximum Gasteiger partial charge on any atom is 0.350 e. The van der Waals surface area contributed by atoms with Crippen LogP contribution in [0.4, 0.5) is 0 Å². The molecular weight excluding hydrogens is 320 g/mol. The Bertz CT molecular complexity index is 723. The summed E-state index contributed by atoms with van der Waals surface area (Å²) in [6.07, 6.45) is -3.10. The van der Waals surface area contributed by atoms with Crippen molar-refractivity contribution in [3.05, 3.63) is 53.1 Å². The maximum atomic E-state index is 12.2. The summed E-state index contributed by atoms with van der Waals surface area (Å²) in [6, 6.07) is 11.1. The molecule has 0 bridgehead atoms. The zero-order valence-electron chi connectivity index (χ0n) is 12.0. The van der Waals surface area contributed by atoms with Crippen LogP contribution in [0.3, 0.4) is 0 Å². The average molecular weight is 336 g/mol. The highest BCUT2D eigenvalue weighted by molar-refractivity contribution is 7.99. The first-order chi connectivity index (χ1) is 11.1. The van der Waals surface area contributed by atoms with Crippen molar-refractivity contribution >= 4 is 11.8 Å². The molecule has 23 heavy (non-hydrogen) atoms. The van der Waals surface area contributed by atoms with Crippen molar-refractivity contribution in [1.29, 1.82) is 0 Å². The standard InChI is InChI=1S/C15H16N2O5S/c18-8-10-12(19)13(20)14(22-10)17-7-6-11(16-15(17)21)23-9-4-2-1-3-5-9/h1-7,10,12-14,18-20H,8H2/t10-,12+,13+,14+/m0/s1. The molecule has 2 heterocycles. The Morgan fingerprint density at radius 3 is 2.52 bits per heavy atom. The van der Waals surface area contributed by atoms with Crippen molar-refractivity contribution in [2.75, 3.05) is 6.61 Å². The molecule has 0 saturated carbocycles. The Kier molecular flexibility index (Phi) is 4.79. The number of aliphatic hydroxyl groups is 3. The summed E-state index contributed by atoms with van der Waals surface area (Å²) in [6.45, 7) is -0.446. The molecule has 1 aromatic carbocycles. The highest BCUT2D eigenvalue weighted by atomic mass is 32.2. The minimum absolute atomic E-state index is 0.446. The van der Waals surface area contributed by atoms with Crippen molar-refractivity contribution in [2.45, 2.75) is 34.5 Å². The number of hydrogen-bond donors (Lipinski definition) is 3. The Morgan fingerprint density at radius 2 is 1.91 bits per heavy atom. The predicted molar refractivity (Wildman–Crippen MR) is 82.1 cm³/mol. The van der Waals surface area contributed by atoms with Gasteiger partial charge in [0, 0.05) is 11.1 Å². The van der Waals surface area contributed by atoms with E-state index in [4.69, 9.17) is 9.84 Å². The molecule has 4 atom stereocenters.